The van der Waals surface area contributed by atoms with Gasteiger partial charge in [0.15, 0.2) is 0 Å². The number of nitrogens with one attached hydrogen (secondary N) is 1. The number of rotatable bonds is 10. The molecule has 0 aliphatic rings. The van der Waals surface area contributed by atoms with E-state index < -0.39 is 5.97 Å². The standard InChI is InChI=1S/C21H25NO4/c1-2-3-13-26-18-9-6-7-16(14-18)15-22-20(23)12-11-17-8-4-5-10-19(17)21(24)25/h4-10,14H,2-3,11-13,15H2,1H3,(H,22,23)(H,24,25). The predicted molar refractivity (Wildman–Crippen MR) is 100 cm³/mol. The Balaban J connectivity index is 1.82. The molecule has 2 aromatic rings. The largest absolute Gasteiger partial charge is 0.494 e. The third-order valence-electron chi connectivity index (χ3n) is 4.02. The van der Waals surface area contributed by atoms with Crippen LogP contribution in [-0.4, -0.2) is 23.6 Å². The van der Waals surface area contributed by atoms with Crippen LogP contribution in [0.1, 0.15) is 47.7 Å². The molecule has 0 saturated heterocycles. The van der Waals surface area contributed by atoms with Gasteiger partial charge in [-0.15, -0.1) is 0 Å². The number of ether oxygens (including phenoxy) is 1. The lowest BCUT2D eigenvalue weighted by atomic mass is 10.0. The average Bonchev–Trinajstić information content (AvgIpc) is 2.65. The molecule has 0 radical (unpaired) electrons. The van der Waals surface area contributed by atoms with E-state index in [1.54, 1.807) is 24.3 Å². The molecule has 5 nitrogen and oxygen atoms in total. The first-order chi connectivity index (χ1) is 12.6. The van der Waals surface area contributed by atoms with Crippen molar-refractivity contribution in [2.45, 2.75) is 39.2 Å². The minimum atomic E-state index is -0.971. The number of hydrogen-bond acceptors (Lipinski definition) is 3. The van der Waals surface area contributed by atoms with Gasteiger partial charge in [0.05, 0.1) is 12.2 Å². The summed E-state index contributed by atoms with van der Waals surface area (Å²) >= 11 is 0. The van der Waals surface area contributed by atoms with Crippen molar-refractivity contribution >= 4 is 11.9 Å². The van der Waals surface area contributed by atoms with Gasteiger partial charge in [0.2, 0.25) is 5.91 Å². The van der Waals surface area contributed by atoms with Gasteiger partial charge in [-0.3, -0.25) is 4.79 Å². The van der Waals surface area contributed by atoms with Crippen LogP contribution in [0.5, 0.6) is 5.75 Å². The van der Waals surface area contributed by atoms with E-state index in [-0.39, 0.29) is 17.9 Å². The smallest absolute Gasteiger partial charge is 0.335 e. The van der Waals surface area contributed by atoms with Crippen LogP contribution >= 0.6 is 0 Å². The first-order valence-electron chi connectivity index (χ1n) is 8.89. The molecule has 0 fully saturated rings. The Hall–Kier alpha value is -2.82. The van der Waals surface area contributed by atoms with E-state index in [1.807, 2.05) is 24.3 Å². The highest BCUT2D eigenvalue weighted by Crippen LogP contribution is 2.14. The highest BCUT2D eigenvalue weighted by Gasteiger charge is 2.10. The highest BCUT2D eigenvalue weighted by atomic mass is 16.5. The molecule has 0 heterocycles. The van der Waals surface area contributed by atoms with Crippen molar-refractivity contribution in [2.75, 3.05) is 6.61 Å². The molecule has 138 valence electrons. The zero-order valence-electron chi connectivity index (χ0n) is 15.0. The predicted octanol–water partition coefficient (Wildman–Crippen LogP) is 3.81. The Morgan fingerprint density at radius 3 is 2.69 bits per heavy atom. The van der Waals surface area contributed by atoms with Gasteiger partial charge in [0.25, 0.3) is 0 Å². The van der Waals surface area contributed by atoms with Crippen LogP contribution in [0, 0.1) is 0 Å². The molecule has 2 aromatic carbocycles. The van der Waals surface area contributed by atoms with E-state index in [4.69, 9.17) is 4.74 Å². The summed E-state index contributed by atoms with van der Waals surface area (Å²) in [7, 11) is 0. The van der Waals surface area contributed by atoms with Crippen LogP contribution in [-0.2, 0) is 17.8 Å². The summed E-state index contributed by atoms with van der Waals surface area (Å²) in [4.78, 5) is 23.3. The molecule has 2 rings (SSSR count). The van der Waals surface area contributed by atoms with Crippen LogP contribution in [0.25, 0.3) is 0 Å². The monoisotopic (exact) mass is 355 g/mol. The SMILES string of the molecule is CCCCOc1cccc(CNC(=O)CCc2ccccc2C(=O)O)c1. The van der Waals surface area contributed by atoms with Crippen molar-refractivity contribution in [1.82, 2.24) is 5.32 Å². The van der Waals surface area contributed by atoms with Gasteiger partial charge < -0.3 is 15.2 Å². The molecule has 0 bridgehead atoms. The van der Waals surface area contributed by atoms with E-state index in [2.05, 4.69) is 12.2 Å². The summed E-state index contributed by atoms with van der Waals surface area (Å²) in [5.41, 5.74) is 1.89. The lowest BCUT2D eigenvalue weighted by Crippen LogP contribution is -2.23. The van der Waals surface area contributed by atoms with Gasteiger partial charge in [-0.2, -0.15) is 0 Å². The third kappa shape index (κ3) is 6.24. The number of aromatic carboxylic acids is 1. The molecule has 0 atom stereocenters. The van der Waals surface area contributed by atoms with Crippen LogP contribution in [0.15, 0.2) is 48.5 Å². The summed E-state index contributed by atoms with van der Waals surface area (Å²) in [5, 5.41) is 12.0. The maximum Gasteiger partial charge on any atom is 0.335 e. The van der Waals surface area contributed by atoms with Crippen molar-refractivity contribution < 1.29 is 19.4 Å². The van der Waals surface area contributed by atoms with E-state index in [1.165, 1.54) is 0 Å². The summed E-state index contributed by atoms with van der Waals surface area (Å²) < 4.78 is 5.67. The van der Waals surface area contributed by atoms with E-state index in [0.717, 1.165) is 24.2 Å². The summed E-state index contributed by atoms with van der Waals surface area (Å²) in [6, 6.07) is 14.4. The van der Waals surface area contributed by atoms with E-state index in [9.17, 15) is 14.7 Å². The normalized spacial score (nSPS) is 10.3. The first kappa shape index (κ1) is 19.5. The molecule has 0 unspecified atom stereocenters. The Kier molecular flexibility index (Phi) is 7.68. The number of aryl methyl sites for hydroxylation is 1. The van der Waals surface area contributed by atoms with E-state index in [0.29, 0.717) is 25.1 Å². The third-order valence-corrected chi connectivity index (χ3v) is 4.02. The second kappa shape index (κ2) is 10.2. The molecule has 0 aromatic heterocycles. The number of hydrogen-bond donors (Lipinski definition) is 2. The lowest BCUT2D eigenvalue weighted by Gasteiger charge is -2.09. The van der Waals surface area contributed by atoms with Gasteiger partial charge in [0.1, 0.15) is 5.75 Å². The fourth-order valence-electron chi connectivity index (χ4n) is 2.56. The topological polar surface area (TPSA) is 75.6 Å². The van der Waals surface area contributed by atoms with Gasteiger partial charge in [-0.05, 0) is 42.2 Å². The van der Waals surface area contributed by atoms with Crippen LogP contribution in [0.2, 0.25) is 0 Å². The van der Waals surface area contributed by atoms with Crippen LogP contribution in [0.4, 0.5) is 0 Å². The molecule has 0 spiro atoms. The summed E-state index contributed by atoms with van der Waals surface area (Å²) in [5.74, 6) is -0.274. The first-order valence-corrected chi connectivity index (χ1v) is 8.89. The minimum Gasteiger partial charge on any atom is -0.494 e. The van der Waals surface area contributed by atoms with Gasteiger partial charge >= 0.3 is 5.97 Å². The van der Waals surface area contributed by atoms with Crippen molar-refractivity contribution in [3.05, 3.63) is 65.2 Å². The summed E-state index contributed by atoms with van der Waals surface area (Å²) in [6.07, 6.45) is 2.74. The lowest BCUT2D eigenvalue weighted by molar-refractivity contribution is -0.121. The van der Waals surface area contributed by atoms with Gasteiger partial charge in [-0.25, -0.2) is 4.79 Å². The maximum absolute atomic E-state index is 12.1. The number of unbranched alkanes of at least 4 members (excludes halogenated alkanes) is 1. The second-order valence-corrected chi connectivity index (χ2v) is 6.09. The molecule has 5 heteroatoms. The molecule has 26 heavy (non-hydrogen) atoms. The average molecular weight is 355 g/mol. The molecule has 0 aliphatic carbocycles. The minimum absolute atomic E-state index is 0.109. The van der Waals surface area contributed by atoms with Gasteiger partial charge in [-0.1, -0.05) is 43.7 Å². The Bertz CT molecular complexity index is 742. The number of carboxylic acids is 1. The van der Waals surface area contributed by atoms with Crippen molar-refractivity contribution in [3.63, 3.8) is 0 Å². The number of benzene rings is 2. The Labute approximate surface area is 154 Å². The molecule has 1 amide bonds. The van der Waals surface area contributed by atoms with Crippen molar-refractivity contribution in [2.24, 2.45) is 0 Å². The Morgan fingerprint density at radius 1 is 1.12 bits per heavy atom. The molecule has 0 saturated carbocycles. The zero-order valence-corrected chi connectivity index (χ0v) is 15.0. The second-order valence-electron chi connectivity index (χ2n) is 6.09. The number of carbonyl (C=O) groups is 2. The maximum atomic E-state index is 12.1. The molecule has 2 N–H and O–H groups in total. The zero-order chi connectivity index (χ0) is 18.8. The Morgan fingerprint density at radius 2 is 1.92 bits per heavy atom. The van der Waals surface area contributed by atoms with Crippen LogP contribution < -0.4 is 10.1 Å². The number of amides is 1. The van der Waals surface area contributed by atoms with Crippen molar-refractivity contribution in [1.29, 1.82) is 0 Å². The summed E-state index contributed by atoms with van der Waals surface area (Å²) in [6.45, 7) is 3.23. The highest BCUT2D eigenvalue weighted by molar-refractivity contribution is 5.89. The van der Waals surface area contributed by atoms with Crippen LogP contribution in [0.3, 0.4) is 0 Å². The van der Waals surface area contributed by atoms with Crippen molar-refractivity contribution in [3.8, 4) is 5.75 Å². The fourth-order valence-corrected chi connectivity index (χ4v) is 2.56. The fraction of sp³-hybridized carbons (Fsp3) is 0.333. The quantitative estimate of drug-likeness (QED) is 0.636. The van der Waals surface area contributed by atoms with Gasteiger partial charge in [0, 0.05) is 13.0 Å². The number of carbonyl (C=O) groups excluding carboxylic acids is 1. The molecular formula is C21H25NO4. The number of carboxylic acid groups (broad SMARTS) is 1. The van der Waals surface area contributed by atoms with E-state index >= 15 is 0 Å². The molecular weight excluding hydrogens is 330 g/mol. The molecule has 0 aliphatic heterocycles.